The maximum atomic E-state index is 12.0. The van der Waals surface area contributed by atoms with Crippen LogP contribution in [0.2, 0.25) is 5.02 Å². The number of hydrogen-bond acceptors (Lipinski definition) is 4. The number of carbonyl (C=O) groups excluding carboxylic acids is 1. The largest absolute Gasteiger partial charge is 0.482 e. The van der Waals surface area contributed by atoms with E-state index in [4.69, 9.17) is 16.3 Å². The Bertz CT molecular complexity index is 788. The summed E-state index contributed by atoms with van der Waals surface area (Å²) in [7, 11) is 0. The number of hydrogen-bond donors (Lipinski definition) is 1. The molecule has 0 unspecified atom stereocenters. The first-order chi connectivity index (χ1) is 11.3. The first-order valence-corrected chi connectivity index (χ1v) is 8.08. The number of nitro groups is 1. The van der Waals surface area contributed by atoms with Crippen LogP contribution in [0.25, 0.3) is 0 Å². The average molecular weight is 414 g/mol. The summed E-state index contributed by atoms with van der Waals surface area (Å²) in [6, 6.07) is 7.84. The van der Waals surface area contributed by atoms with Crippen LogP contribution >= 0.6 is 27.5 Å². The molecule has 6 nitrogen and oxygen atoms in total. The van der Waals surface area contributed by atoms with Crippen molar-refractivity contribution >= 4 is 44.8 Å². The van der Waals surface area contributed by atoms with E-state index in [1.54, 1.807) is 0 Å². The van der Waals surface area contributed by atoms with Crippen LogP contribution in [0.15, 0.2) is 34.8 Å². The summed E-state index contributed by atoms with van der Waals surface area (Å²) >= 11 is 9.13. The van der Waals surface area contributed by atoms with Crippen LogP contribution < -0.4 is 10.1 Å². The Hall–Kier alpha value is -2.12. The highest BCUT2D eigenvalue weighted by Gasteiger charge is 2.17. The molecule has 8 heteroatoms. The summed E-state index contributed by atoms with van der Waals surface area (Å²) < 4.78 is 6.27. The number of amides is 1. The van der Waals surface area contributed by atoms with Gasteiger partial charge >= 0.3 is 0 Å². The second-order valence-corrected chi connectivity index (χ2v) is 6.44. The van der Waals surface area contributed by atoms with Gasteiger partial charge in [-0.3, -0.25) is 14.9 Å². The van der Waals surface area contributed by atoms with Crippen molar-refractivity contribution in [3.05, 3.63) is 61.1 Å². The third-order valence-corrected chi connectivity index (χ3v) is 3.98. The zero-order valence-corrected chi connectivity index (χ0v) is 15.3. The van der Waals surface area contributed by atoms with Crippen molar-refractivity contribution < 1.29 is 14.5 Å². The van der Waals surface area contributed by atoms with E-state index in [0.29, 0.717) is 5.75 Å². The molecule has 2 aromatic rings. The Balaban J connectivity index is 2.09. The fraction of sp³-hybridized carbons (Fsp3) is 0.188. The minimum Gasteiger partial charge on any atom is -0.482 e. The van der Waals surface area contributed by atoms with Gasteiger partial charge in [0.1, 0.15) is 11.4 Å². The molecular weight excluding hydrogens is 400 g/mol. The second kappa shape index (κ2) is 7.63. The molecule has 24 heavy (non-hydrogen) atoms. The van der Waals surface area contributed by atoms with E-state index in [2.05, 4.69) is 21.2 Å². The number of nitrogens with one attached hydrogen (secondary N) is 1. The number of nitro benzene ring substituents is 1. The van der Waals surface area contributed by atoms with E-state index in [1.807, 2.05) is 26.0 Å². The Labute approximate surface area is 152 Å². The lowest BCUT2D eigenvalue weighted by molar-refractivity contribution is -0.383. The third-order valence-electron chi connectivity index (χ3n) is 3.15. The van der Waals surface area contributed by atoms with Crippen molar-refractivity contribution in [1.82, 2.24) is 0 Å². The molecule has 0 radical (unpaired) electrons. The molecule has 0 atom stereocenters. The molecule has 1 N–H and O–H groups in total. The summed E-state index contributed by atoms with van der Waals surface area (Å²) in [5, 5.41) is 13.7. The summed E-state index contributed by atoms with van der Waals surface area (Å²) in [4.78, 5) is 22.4. The minimum absolute atomic E-state index is 0.0673. The molecule has 0 bridgehead atoms. The van der Waals surface area contributed by atoms with Crippen molar-refractivity contribution in [2.24, 2.45) is 0 Å². The highest BCUT2D eigenvalue weighted by molar-refractivity contribution is 9.10. The van der Waals surface area contributed by atoms with Gasteiger partial charge < -0.3 is 10.1 Å². The zero-order valence-electron chi connectivity index (χ0n) is 12.9. The van der Waals surface area contributed by atoms with E-state index < -0.39 is 10.8 Å². The summed E-state index contributed by atoms with van der Waals surface area (Å²) in [5.74, 6) is 0.0497. The van der Waals surface area contributed by atoms with Crippen LogP contribution in [0.4, 0.5) is 11.4 Å². The Morgan fingerprint density at radius 3 is 2.67 bits per heavy atom. The maximum absolute atomic E-state index is 12.0. The maximum Gasteiger partial charge on any atom is 0.294 e. The van der Waals surface area contributed by atoms with E-state index in [1.165, 1.54) is 18.2 Å². The van der Waals surface area contributed by atoms with Crippen LogP contribution in [-0.4, -0.2) is 17.4 Å². The van der Waals surface area contributed by atoms with Gasteiger partial charge in [-0.1, -0.05) is 17.7 Å². The molecular formula is C16H14BrClN2O4. The van der Waals surface area contributed by atoms with Gasteiger partial charge in [-0.25, -0.2) is 0 Å². The molecule has 0 spiro atoms. The topological polar surface area (TPSA) is 81.5 Å². The first kappa shape index (κ1) is 18.2. The van der Waals surface area contributed by atoms with Gasteiger partial charge in [-0.2, -0.15) is 0 Å². The number of aryl methyl sites for hydroxylation is 2. The molecule has 0 aromatic heterocycles. The highest BCUT2D eigenvalue weighted by Crippen LogP contribution is 2.30. The molecule has 0 saturated heterocycles. The lowest BCUT2D eigenvalue weighted by atomic mass is 10.1. The summed E-state index contributed by atoms with van der Waals surface area (Å²) in [6.07, 6.45) is 0. The lowest BCUT2D eigenvalue weighted by Crippen LogP contribution is -2.21. The van der Waals surface area contributed by atoms with Crippen molar-refractivity contribution in [3.8, 4) is 5.75 Å². The summed E-state index contributed by atoms with van der Waals surface area (Å²) in [6.45, 7) is 3.55. The number of benzene rings is 2. The van der Waals surface area contributed by atoms with Crippen molar-refractivity contribution in [2.75, 3.05) is 11.9 Å². The van der Waals surface area contributed by atoms with E-state index in [0.717, 1.165) is 15.6 Å². The number of carbonyl (C=O) groups is 1. The predicted octanol–water partition coefficient (Wildman–Crippen LogP) is 4.65. The molecule has 0 saturated carbocycles. The number of nitrogens with zero attached hydrogens (tertiary/aromatic N) is 1. The normalized spacial score (nSPS) is 10.3. The van der Waals surface area contributed by atoms with Crippen LogP contribution in [-0.2, 0) is 4.79 Å². The van der Waals surface area contributed by atoms with Gasteiger partial charge in [0.05, 0.1) is 9.40 Å². The Kier molecular flexibility index (Phi) is 5.80. The number of anilines is 1. The van der Waals surface area contributed by atoms with E-state index in [9.17, 15) is 14.9 Å². The molecule has 1 amide bonds. The van der Waals surface area contributed by atoms with Gasteiger partial charge in [-0.05, 0) is 59.1 Å². The molecule has 2 aromatic carbocycles. The van der Waals surface area contributed by atoms with Crippen molar-refractivity contribution in [3.63, 3.8) is 0 Å². The SMILES string of the molecule is Cc1cc(C)c(OCC(=O)Nc2ccc(Cl)cc2[N+](=O)[O-])c(Br)c1. The van der Waals surface area contributed by atoms with Gasteiger partial charge in [-0.15, -0.1) is 0 Å². The molecule has 126 valence electrons. The monoisotopic (exact) mass is 412 g/mol. The average Bonchev–Trinajstić information content (AvgIpc) is 2.47. The molecule has 0 aliphatic carbocycles. The Morgan fingerprint density at radius 2 is 2.04 bits per heavy atom. The molecule has 0 fully saturated rings. The van der Waals surface area contributed by atoms with Crippen LogP contribution in [0.3, 0.4) is 0 Å². The van der Waals surface area contributed by atoms with Gasteiger partial charge in [0.25, 0.3) is 11.6 Å². The fourth-order valence-corrected chi connectivity index (χ4v) is 3.13. The van der Waals surface area contributed by atoms with Crippen molar-refractivity contribution in [1.29, 1.82) is 0 Å². The predicted molar refractivity (Wildman–Crippen MR) is 95.8 cm³/mol. The van der Waals surface area contributed by atoms with Crippen molar-refractivity contribution in [2.45, 2.75) is 13.8 Å². The molecule has 2 rings (SSSR count). The third kappa shape index (κ3) is 4.46. The first-order valence-electron chi connectivity index (χ1n) is 6.91. The number of ether oxygens (including phenoxy) is 1. The van der Waals surface area contributed by atoms with E-state index in [-0.39, 0.29) is 23.0 Å². The Morgan fingerprint density at radius 1 is 1.33 bits per heavy atom. The van der Waals surface area contributed by atoms with Gasteiger partial charge in [0.15, 0.2) is 6.61 Å². The standard InChI is InChI=1S/C16H14BrClN2O4/c1-9-5-10(2)16(12(17)6-9)24-8-15(21)19-13-4-3-11(18)7-14(13)20(22)23/h3-7H,8H2,1-2H3,(H,19,21). The molecule has 0 aliphatic heterocycles. The van der Waals surface area contributed by atoms with Crippen LogP contribution in [0.1, 0.15) is 11.1 Å². The lowest BCUT2D eigenvalue weighted by Gasteiger charge is -2.12. The van der Waals surface area contributed by atoms with Gasteiger partial charge in [0.2, 0.25) is 0 Å². The molecule has 0 heterocycles. The quantitative estimate of drug-likeness (QED) is 0.571. The fourth-order valence-electron chi connectivity index (χ4n) is 2.17. The minimum atomic E-state index is -0.608. The summed E-state index contributed by atoms with van der Waals surface area (Å²) in [5.41, 5.74) is 1.74. The molecule has 0 aliphatic rings. The second-order valence-electron chi connectivity index (χ2n) is 5.15. The highest BCUT2D eigenvalue weighted by atomic mass is 79.9. The smallest absolute Gasteiger partial charge is 0.294 e. The van der Waals surface area contributed by atoms with Gasteiger partial charge in [0, 0.05) is 11.1 Å². The number of rotatable bonds is 5. The van der Waals surface area contributed by atoms with Crippen LogP contribution in [0, 0.1) is 24.0 Å². The van der Waals surface area contributed by atoms with Crippen LogP contribution in [0.5, 0.6) is 5.75 Å². The number of halogens is 2. The van der Waals surface area contributed by atoms with E-state index >= 15 is 0 Å². The zero-order chi connectivity index (χ0) is 17.9.